The van der Waals surface area contributed by atoms with E-state index in [4.69, 9.17) is 9.47 Å². The Hall–Kier alpha value is -4.08. The summed E-state index contributed by atoms with van der Waals surface area (Å²) in [5.41, 5.74) is 1.77. The molecule has 10 nitrogen and oxygen atoms in total. The molecule has 2 fully saturated rings. The maximum absolute atomic E-state index is 13.1. The first kappa shape index (κ1) is 22.7. The molecule has 0 spiro atoms. The third-order valence-corrected chi connectivity index (χ3v) is 6.77. The zero-order valence-electron chi connectivity index (χ0n) is 19.5. The van der Waals surface area contributed by atoms with E-state index in [1.807, 2.05) is 0 Å². The third kappa shape index (κ3) is 4.05. The van der Waals surface area contributed by atoms with Gasteiger partial charge in [-0.25, -0.2) is 0 Å². The minimum absolute atomic E-state index is 0.0520. The summed E-state index contributed by atoms with van der Waals surface area (Å²) in [5.74, 6) is -0.431. The van der Waals surface area contributed by atoms with Crippen molar-refractivity contribution in [1.82, 2.24) is 4.90 Å². The predicted octanol–water partition coefficient (Wildman–Crippen LogP) is 2.25. The van der Waals surface area contributed by atoms with Crippen molar-refractivity contribution in [3.63, 3.8) is 0 Å². The number of nitrogens with zero attached hydrogens (tertiary/aromatic N) is 2. The van der Waals surface area contributed by atoms with E-state index in [-0.39, 0.29) is 36.6 Å². The summed E-state index contributed by atoms with van der Waals surface area (Å²) in [7, 11) is 3.05. The fourth-order valence-electron chi connectivity index (χ4n) is 4.93. The summed E-state index contributed by atoms with van der Waals surface area (Å²) >= 11 is 0. The standard InChI is InChI=1S/C25H26N4O6/c1-34-16-6-8-19(21(12-16)35-2)29-13-14(10-22(29)30)23(31)26-15-5-7-18-17(11-15)25(33)28-9-3-4-20(28)24(32)27-18/h5-8,11-12,14,20H,3-4,9-10,13H2,1-2H3,(H,26,31)(H,27,32)/t14-,20+/m1/s1. The Labute approximate surface area is 202 Å². The second-order valence-corrected chi connectivity index (χ2v) is 8.84. The van der Waals surface area contributed by atoms with Crippen LogP contribution in [-0.2, 0) is 14.4 Å². The molecule has 2 aromatic rings. The Kier molecular flexibility index (Phi) is 5.80. The molecule has 2 atom stereocenters. The van der Waals surface area contributed by atoms with Gasteiger partial charge in [0.15, 0.2) is 0 Å². The van der Waals surface area contributed by atoms with Crippen LogP contribution in [-0.4, -0.2) is 61.9 Å². The lowest BCUT2D eigenvalue weighted by Gasteiger charge is -2.20. The lowest BCUT2D eigenvalue weighted by atomic mass is 10.1. The van der Waals surface area contributed by atoms with E-state index < -0.39 is 12.0 Å². The number of hydrogen-bond acceptors (Lipinski definition) is 6. The number of carbonyl (C=O) groups is 4. The average molecular weight is 479 g/mol. The number of ether oxygens (including phenoxy) is 2. The van der Waals surface area contributed by atoms with Crippen LogP contribution in [0.3, 0.4) is 0 Å². The molecular formula is C25H26N4O6. The van der Waals surface area contributed by atoms with Crippen LogP contribution in [0.5, 0.6) is 11.5 Å². The van der Waals surface area contributed by atoms with Crippen LogP contribution in [0.25, 0.3) is 0 Å². The van der Waals surface area contributed by atoms with Gasteiger partial charge in [0, 0.05) is 31.3 Å². The average Bonchev–Trinajstić information content (AvgIpc) is 3.49. The van der Waals surface area contributed by atoms with E-state index >= 15 is 0 Å². The van der Waals surface area contributed by atoms with Gasteiger partial charge in [-0.1, -0.05) is 0 Å². The molecule has 35 heavy (non-hydrogen) atoms. The number of methoxy groups -OCH3 is 2. The van der Waals surface area contributed by atoms with Crippen LogP contribution in [0.4, 0.5) is 17.1 Å². The predicted molar refractivity (Wildman–Crippen MR) is 128 cm³/mol. The van der Waals surface area contributed by atoms with E-state index in [1.54, 1.807) is 48.4 Å². The molecule has 0 aliphatic carbocycles. The molecule has 182 valence electrons. The summed E-state index contributed by atoms with van der Waals surface area (Å²) in [4.78, 5) is 54.4. The molecule has 2 saturated heterocycles. The van der Waals surface area contributed by atoms with Crippen LogP contribution in [0.1, 0.15) is 29.6 Å². The molecule has 0 aromatic heterocycles. The molecule has 3 heterocycles. The fraction of sp³-hybridized carbons (Fsp3) is 0.360. The van der Waals surface area contributed by atoms with Gasteiger partial charge in [-0.05, 0) is 43.2 Å². The van der Waals surface area contributed by atoms with Crippen molar-refractivity contribution in [2.75, 3.05) is 42.8 Å². The summed E-state index contributed by atoms with van der Waals surface area (Å²) in [6.07, 6.45) is 1.47. The van der Waals surface area contributed by atoms with Crippen molar-refractivity contribution in [2.45, 2.75) is 25.3 Å². The monoisotopic (exact) mass is 478 g/mol. The summed E-state index contributed by atoms with van der Waals surface area (Å²) in [6, 6.07) is 9.53. The molecule has 3 aliphatic rings. The topological polar surface area (TPSA) is 117 Å². The van der Waals surface area contributed by atoms with Gasteiger partial charge in [-0.3, -0.25) is 19.2 Å². The van der Waals surface area contributed by atoms with E-state index in [9.17, 15) is 19.2 Å². The molecule has 0 radical (unpaired) electrons. The highest BCUT2D eigenvalue weighted by Gasteiger charge is 2.39. The second-order valence-electron chi connectivity index (χ2n) is 8.84. The SMILES string of the molecule is COc1ccc(N2C[C@H](C(=O)Nc3ccc4c(c3)C(=O)N3CCC[C@H]3C(=O)N4)CC2=O)c(OC)c1. The number of amides is 4. The molecule has 2 aromatic carbocycles. The van der Waals surface area contributed by atoms with Gasteiger partial charge in [-0.2, -0.15) is 0 Å². The zero-order valence-corrected chi connectivity index (χ0v) is 19.5. The summed E-state index contributed by atoms with van der Waals surface area (Å²) < 4.78 is 10.6. The van der Waals surface area contributed by atoms with Crippen molar-refractivity contribution in [1.29, 1.82) is 0 Å². The first-order valence-electron chi connectivity index (χ1n) is 11.5. The van der Waals surface area contributed by atoms with E-state index in [0.717, 1.165) is 6.42 Å². The van der Waals surface area contributed by atoms with Gasteiger partial charge in [0.25, 0.3) is 5.91 Å². The highest BCUT2D eigenvalue weighted by Crippen LogP contribution is 2.36. The molecule has 0 bridgehead atoms. The van der Waals surface area contributed by atoms with E-state index in [1.165, 1.54) is 12.0 Å². The normalized spacial score (nSPS) is 21.3. The van der Waals surface area contributed by atoms with E-state index in [0.29, 0.717) is 47.1 Å². The van der Waals surface area contributed by atoms with Crippen LogP contribution in [0.15, 0.2) is 36.4 Å². The molecule has 10 heteroatoms. The van der Waals surface area contributed by atoms with Gasteiger partial charge in [0.1, 0.15) is 17.5 Å². The van der Waals surface area contributed by atoms with Crippen molar-refractivity contribution in [3.8, 4) is 11.5 Å². The number of nitrogens with one attached hydrogen (secondary N) is 2. The second kappa shape index (κ2) is 8.94. The molecule has 0 unspecified atom stereocenters. The van der Waals surface area contributed by atoms with Crippen LogP contribution >= 0.6 is 0 Å². The fourth-order valence-corrected chi connectivity index (χ4v) is 4.93. The van der Waals surface area contributed by atoms with Crippen molar-refractivity contribution >= 4 is 40.7 Å². The van der Waals surface area contributed by atoms with Gasteiger partial charge >= 0.3 is 0 Å². The smallest absolute Gasteiger partial charge is 0.256 e. The first-order valence-corrected chi connectivity index (χ1v) is 11.5. The number of carbonyl (C=O) groups excluding carboxylic acids is 4. The van der Waals surface area contributed by atoms with Crippen molar-refractivity contribution in [3.05, 3.63) is 42.0 Å². The van der Waals surface area contributed by atoms with E-state index in [2.05, 4.69) is 10.6 Å². The maximum atomic E-state index is 13.1. The van der Waals surface area contributed by atoms with Crippen molar-refractivity contribution < 1.29 is 28.7 Å². The molecule has 3 aliphatic heterocycles. The molecule has 2 N–H and O–H groups in total. The Morgan fingerprint density at radius 3 is 2.69 bits per heavy atom. The number of rotatable bonds is 5. The third-order valence-electron chi connectivity index (χ3n) is 6.77. The van der Waals surface area contributed by atoms with Crippen LogP contribution < -0.4 is 25.0 Å². The van der Waals surface area contributed by atoms with Gasteiger partial charge in [0.2, 0.25) is 17.7 Å². The number of benzene rings is 2. The number of fused-ring (bicyclic) bond motifs is 2. The lowest BCUT2D eigenvalue weighted by molar-refractivity contribution is -0.122. The number of hydrogen-bond donors (Lipinski definition) is 2. The quantitative estimate of drug-likeness (QED) is 0.681. The van der Waals surface area contributed by atoms with Crippen LogP contribution in [0, 0.1) is 5.92 Å². The minimum atomic E-state index is -0.577. The Morgan fingerprint density at radius 2 is 1.91 bits per heavy atom. The van der Waals surface area contributed by atoms with Crippen LogP contribution in [0.2, 0.25) is 0 Å². The summed E-state index contributed by atoms with van der Waals surface area (Å²) in [6.45, 7) is 0.727. The molecule has 5 rings (SSSR count). The highest BCUT2D eigenvalue weighted by atomic mass is 16.5. The van der Waals surface area contributed by atoms with Gasteiger partial charge in [0.05, 0.1) is 37.1 Å². The van der Waals surface area contributed by atoms with Crippen molar-refractivity contribution in [2.24, 2.45) is 5.92 Å². The zero-order chi connectivity index (χ0) is 24.7. The molecule has 0 saturated carbocycles. The maximum Gasteiger partial charge on any atom is 0.256 e. The lowest BCUT2D eigenvalue weighted by Crippen LogP contribution is -2.40. The Bertz CT molecular complexity index is 1230. The molecule has 4 amide bonds. The summed E-state index contributed by atoms with van der Waals surface area (Å²) in [5, 5.41) is 5.66. The Morgan fingerprint density at radius 1 is 1.09 bits per heavy atom. The number of anilines is 3. The largest absolute Gasteiger partial charge is 0.497 e. The first-order chi connectivity index (χ1) is 16.9. The van der Waals surface area contributed by atoms with Gasteiger partial charge < -0.3 is 29.9 Å². The minimum Gasteiger partial charge on any atom is -0.497 e. The highest BCUT2D eigenvalue weighted by molar-refractivity contribution is 6.11. The van der Waals surface area contributed by atoms with Gasteiger partial charge in [-0.15, -0.1) is 0 Å². The Balaban J connectivity index is 1.32. The molecular weight excluding hydrogens is 452 g/mol.